The highest BCUT2D eigenvalue weighted by Crippen LogP contribution is 2.23. The average molecular weight is 395 g/mol. The number of nitrogens with one attached hydrogen (secondary N) is 3. The van der Waals surface area contributed by atoms with Crippen molar-refractivity contribution in [3.63, 3.8) is 0 Å². The van der Waals surface area contributed by atoms with Crippen LogP contribution in [0.3, 0.4) is 0 Å². The summed E-state index contributed by atoms with van der Waals surface area (Å²) in [5, 5.41) is 7.83. The van der Waals surface area contributed by atoms with Gasteiger partial charge in [-0.1, -0.05) is 42.5 Å². The van der Waals surface area contributed by atoms with Crippen LogP contribution in [0.15, 0.2) is 48.5 Å². The van der Waals surface area contributed by atoms with Gasteiger partial charge in [0.2, 0.25) is 0 Å². The van der Waals surface area contributed by atoms with Crippen LogP contribution in [-0.4, -0.2) is 23.2 Å². The molecule has 28 heavy (non-hydrogen) atoms. The Labute approximate surface area is 174 Å². The Hall–Kier alpha value is -1.91. The molecule has 2 aromatic rings. The second kappa shape index (κ2) is 8.62. The first-order chi connectivity index (χ1) is 13.6. The van der Waals surface area contributed by atoms with Gasteiger partial charge in [0, 0.05) is 30.1 Å². The first-order valence-electron chi connectivity index (χ1n) is 10.6. The molecule has 0 aliphatic carbocycles. The van der Waals surface area contributed by atoms with Gasteiger partial charge < -0.3 is 15.5 Å². The van der Waals surface area contributed by atoms with Crippen molar-refractivity contribution >= 4 is 23.0 Å². The maximum Gasteiger partial charge on any atom is 0.171 e. The Kier molecular flexibility index (Phi) is 5.98. The number of aryl methyl sites for hydroxylation is 1. The summed E-state index contributed by atoms with van der Waals surface area (Å²) in [5.74, 6) is 0. The lowest BCUT2D eigenvalue weighted by molar-refractivity contribution is -0.973. The molecule has 3 nitrogen and oxygen atoms in total. The van der Waals surface area contributed by atoms with E-state index in [0.717, 1.165) is 29.4 Å². The quantitative estimate of drug-likeness (QED) is 0.690. The van der Waals surface area contributed by atoms with Crippen LogP contribution in [0.5, 0.6) is 0 Å². The zero-order valence-electron chi connectivity index (χ0n) is 17.0. The highest BCUT2D eigenvalue weighted by atomic mass is 32.1. The number of quaternary nitrogens is 1. The standard InChI is InChI=1S/C24H31N3S/c1-17-8-6-13-23(18(17)2)26-24(28)25-20-14-21-11-7-12-22(15-20)27(21)16-19-9-4-3-5-10-19/h3-6,8-10,13,20-22H,7,11-12,14-16H2,1-2H3,(H2,25,26,28)/p+1/t20?,21-,22+. The smallest absolute Gasteiger partial charge is 0.171 e. The highest BCUT2D eigenvalue weighted by molar-refractivity contribution is 7.80. The molecule has 4 rings (SSSR count). The molecular formula is C24H32N3S+. The maximum atomic E-state index is 5.66. The van der Waals surface area contributed by atoms with Gasteiger partial charge in [0.05, 0.1) is 12.1 Å². The average Bonchev–Trinajstić information content (AvgIpc) is 2.67. The summed E-state index contributed by atoms with van der Waals surface area (Å²) in [4.78, 5) is 1.80. The summed E-state index contributed by atoms with van der Waals surface area (Å²) in [5.41, 5.74) is 5.14. The van der Waals surface area contributed by atoms with Gasteiger partial charge in [-0.25, -0.2) is 0 Å². The minimum Gasteiger partial charge on any atom is -0.359 e. The highest BCUT2D eigenvalue weighted by Gasteiger charge is 2.41. The van der Waals surface area contributed by atoms with E-state index in [1.807, 2.05) is 0 Å². The van der Waals surface area contributed by atoms with Crippen molar-refractivity contribution in [2.45, 2.75) is 70.6 Å². The van der Waals surface area contributed by atoms with Crippen LogP contribution >= 0.6 is 12.2 Å². The molecule has 2 bridgehead atoms. The SMILES string of the molecule is Cc1cccc(NC(=S)NC2C[C@H]3CCC[C@@H](C2)[NH+]3Cc2ccccc2)c1C. The third-order valence-electron chi connectivity index (χ3n) is 6.73. The van der Waals surface area contributed by atoms with E-state index in [2.05, 4.69) is 73.0 Å². The first-order valence-corrected chi connectivity index (χ1v) is 11.0. The maximum absolute atomic E-state index is 5.66. The number of piperidine rings is 2. The predicted molar refractivity (Wildman–Crippen MR) is 121 cm³/mol. The van der Waals surface area contributed by atoms with E-state index < -0.39 is 0 Å². The van der Waals surface area contributed by atoms with Crippen LogP contribution in [-0.2, 0) is 6.54 Å². The van der Waals surface area contributed by atoms with Gasteiger partial charge >= 0.3 is 0 Å². The summed E-state index contributed by atoms with van der Waals surface area (Å²) < 4.78 is 0. The monoisotopic (exact) mass is 394 g/mol. The van der Waals surface area contributed by atoms with Crippen molar-refractivity contribution < 1.29 is 4.90 Å². The molecule has 0 radical (unpaired) electrons. The number of thiocarbonyl (C=S) groups is 1. The molecular weight excluding hydrogens is 362 g/mol. The third kappa shape index (κ3) is 4.39. The second-order valence-corrected chi connectivity index (χ2v) is 8.98. The van der Waals surface area contributed by atoms with Crippen LogP contribution < -0.4 is 15.5 Å². The van der Waals surface area contributed by atoms with Crippen LogP contribution in [0.1, 0.15) is 48.8 Å². The van der Waals surface area contributed by atoms with E-state index in [1.54, 1.807) is 4.90 Å². The fourth-order valence-electron chi connectivity index (χ4n) is 5.10. The molecule has 148 valence electrons. The minimum atomic E-state index is 0.486. The van der Waals surface area contributed by atoms with Crippen molar-refractivity contribution in [2.75, 3.05) is 5.32 Å². The number of anilines is 1. The Morgan fingerprint density at radius 2 is 1.71 bits per heavy atom. The molecule has 4 atom stereocenters. The van der Waals surface area contributed by atoms with Crippen molar-refractivity contribution in [3.8, 4) is 0 Å². The van der Waals surface area contributed by atoms with E-state index in [-0.39, 0.29) is 0 Å². The van der Waals surface area contributed by atoms with Crippen LogP contribution in [0.25, 0.3) is 0 Å². The van der Waals surface area contributed by atoms with Crippen molar-refractivity contribution in [2.24, 2.45) is 0 Å². The largest absolute Gasteiger partial charge is 0.359 e. The summed E-state index contributed by atoms with van der Waals surface area (Å²) in [7, 11) is 0. The van der Waals surface area contributed by atoms with Gasteiger partial charge in [-0.05, 0) is 62.5 Å². The Balaban J connectivity index is 1.37. The summed E-state index contributed by atoms with van der Waals surface area (Å²) >= 11 is 5.66. The second-order valence-electron chi connectivity index (χ2n) is 8.58. The lowest BCUT2D eigenvalue weighted by Gasteiger charge is -2.46. The number of fused-ring (bicyclic) bond motifs is 2. The summed E-state index contributed by atoms with van der Waals surface area (Å²) in [6, 6.07) is 19.3. The van der Waals surface area contributed by atoms with Gasteiger partial charge in [-0.3, -0.25) is 0 Å². The van der Waals surface area contributed by atoms with Crippen molar-refractivity contribution in [1.29, 1.82) is 0 Å². The number of benzene rings is 2. The molecule has 2 fully saturated rings. The molecule has 3 N–H and O–H groups in total. The predicted octanol–water partition coefficient (Wildman–Crippen LogP) is 3.76. The van der Waals surface area contributed by atoms with E-state index in [9.17, 15) is 0 Å². The number of rotatable bonds is 4. The Morgan fingerprint density at radius 1 is 1.00 bits per heavy atom. The third-order valence-corrected chi connectivity index (χ3v) is 6.95. The first kappa shape index (κ1) is 19.4. The van der Waals surface area contributed by atoms with Gasteiger partial charge in [-0.2, -0.15) is 0 Å². The van der Waals surface area contributed by atoms with Gasteiger partial charge in [0.1, 0.15) is 6.54 Å². The van der Waals surface area contributed by atoms with E-state index >= 15 is 0 Å². The molecule has 0 saturated carbocycles. The van der Waals surface area contributed by atoms with Crippen LogP contribution in [0.2, 0.25) is 0 Å². The molecule has 2 aliphatic rings. The number of hydrogen-bond donors (Lipinski definition) is 3. The van der Waals surface area contributed by atoms with Crippen molar-refractivity contribution in [3.05, 3.63) is 65.2 Å². The van der Waals surface area contributed by atoms with Crippen LogP contribution in [0.4, 0.5) is 5.69 Å². The van der Waals surface area contributed by atoms with Crippen LogP contribution in [0, 0.1) is 13.8 Å². The normalized spacial score (nSPS) is 26.5. The van der Waals surface area contributed by atoms with E-state index in [0.29, 0.717) is 6.04 Å². The van der Waals surface area contributed by atoms with Gasteiger partial charge in [0.15, 0.2) is 5.11 Å². The fraction of sp³-hybridized carbons (Fsp3) is 0.458. The van der Waals surface area contributed by atoms with Gasteiger partial charge in [0.25, 0.3) is 0 Å². The lowest BCUT2D eigenvalue weighted by atomic mass is 9.81. The molecule has 2 saturated heterocycles. The van der Waals surface area contributed by atoms with Gasteiger partial charge in [-0.15, -0.1) is 0 Å². The molecule has 2 aromatic carbocycles. The zero-order valence-corrected chi connectivity index (χ0v) is 17.8. The molecule has 2 aliphatic heterocycles. The lowest BCUT2D eigenvalue weighted by Crippen LogP contribution is -3.20. The summed E-state index contributed by atoms with van der Waals surface area (Å²) in [6.45, 7) is 5.45. The Bertz CT molecular complexity index is 806. The summed E-state index contributed by atoms with van der Waals surface area (Å²) in [6.07, 6.45) is 6.49. The van der Waals surface area contributed by atoms with Crippen molar-refractivity contribution in [1.82, 2.24) is 5.32 Å². The molecule has 0 spiro atoms. The molecule has 4 heteroatoms. The Morgan fingerprint density at radius 3 is 2.43 bits per heavy atom. The van der Waals surface area contributed by atoms with E-state index in [1.165, 1.54) is 48.8 Å². The zero-order chi connectivity index (χ0) is 19.5. The minimum absolute atomic E-state index is 0.486. The molecule has 2 unspecified atom stereocenters. The number of hydrogen-bond acceptors (Lipinski definition) is 1. The topological polar surface area (TPSA) is 28.5 Å². The van der Waals surface area contributed by atoms with E-state index in [4.69, 9.17) is 12.2 Å². The molecule has 0 aromatic heterocycles. The molecule has 0 amide bonds. The fourth-order valence-corrected chi connectivity index (χ4v) is 5.38. The molecule has 2 heterocycles.